The Kier molecular flexibility index (Phi) is 4.23. The first kappa shape index (κ1) is 17.1. The number of thiophene rings is 1. The first-order valence-corrected chi connectivity index (χ1v) is 9.49. The van der Waals surface area contributed by atoms with Crippen molar-refractivity contribution in [3.05, 3.63) is 39.5 Å². The van der Waals surface area contributed by atoms with Gasteiger partial charge in [-0.15, -0.1) is 16.4 Å². The van der Waals surface area contributed by atoms with Gasteiger partial charge in [-0.3, -0.25) is 4.68 Å². The van der Waals surface area contributed by atoms with Crippen LogP contribution in [0.15, 0.2) is 23.2 Å². The highest BCUT2D eigenvalue weighted by atomic mass is 79.9. The summed E-state index contributed by atoms with van der Waals surface area (Å²) in [7, 11) is 1.37. The molecule has 0 aliphatic carbocycles. The van der Waals surface area contributed by atoms with Crippen LogP contribution in [0.4, 0.5) is 0 Å². The highest BCUT2D eigenvalue weighted by molar-refractivity contribution is 9.10. The predicted molar refractivity (Wildman–Crippen MR) is 101 cm³/mol. The lowest BCUT2D eigenvalue weighted by Crippen LogP contribution is -2.08. The van der Waals surface area contributed by atoms with Crippen molar-refractivity contribution >= 4 is 49.1 Å². The number of ether oxygens (including phenoxy) is 1. The van der Waals surface area contributed by atoms with E-state index in [1.54, 1.807) is 17.0 Å². The van der Waals surface area contributed by atoms with Crippen LogP contribution in [0.2, 0.25) is 0 Å². The molecule has 4 rings (SSSR count). The van der Waals surface area contributed by atoms with Crippen LogP contribution in [0.1, 0.15) is 33.9 Å². The zero-order valence-electron chi connectivity index (χ0n) is 14.3. The van der Waals surface area contributed by atoms with Crippen molar-refractivity contribution in [2.75, 3.05) is 7.11 Å². The van der Waals surface area contributed by atoms with Crippen molar-refractivity contribution in [1.29, 1.82) is 0 Å². The minimum Gasteiger partial charge on any atom is -0.465 e. The van der Waals surface area contributed by atoms with Crippen molar-refractivity contribution in [3.8, 4) is 0 Å². The molecule has 26 heavy (non-hydrogen) atoms. The van der Waals surface area contributed by atoms with Gasteiger partial charge in [-0.25, -0.2) is 19.3 Å². The van der Waals surface area contributed by atoms with Crippen LogP contribution in [0.25, 0.3) is 15.9 Å². The van der Waals surface area contributed by atoms with Crippen molar-refractivity contribution in [1.82, 2.24) is 29.4 Å². The quantitative estimate of drug-likeness (QED) is 0.458. The molecular weight excluding hydrogens is 420 g/mol. The van der Waals surface area contributed by atoms with Crippen molar-refractivity contribution in [3.63, 3.8) is 0 Å². The summed E-state index contributed by atoms with van der Waals surface area (Å²) in [6, 6.07) is 0. The minimum absolute atomic E-state index is 0.0655. The monoisotopic (exact) mass is 434 g/mol. The third-order valence-electron chi connectivity index (χ3n) is 4.16. The van der Waals surface area contributed by atoms with Gasteiger partial charge in [0.2, 0.25) is 0 Å². The minimum atomic E-state index is -0.360. The Morgan fingerprint density at radius 2 is 2.27 bits per heavy atom. The molecule has 8 nitrogen and oxygen atoms in total. The Morgan fingerprint density at radius 3 is 2.96 bits per heavy atom. The van der Waals surface area contributed by atoms with E-state index in [-0.39, 0.29) is 11.9 Å². The van der Waals surface area contributed by atoms with Crippen LogP contribution in [0.5, 0.6) is 0 Å². The molecule has 134 valence electrons. The third-order valence-corrected chi connectivity index (χ3v) is 5.75. The summed E-state index contributed by atoms with van der Waals surface area (Å²) in [5.41, 5.74) is 1.51. The Morgan fingerprint density at radius 1 is 1.46 bits per heavy atom. The second-order valence-electron chi connectivity index (χ2n) is 5.99. The van der Waals surface area contributed by atoms with E-state index in [0.717, 1.165) is 20.3 Å². The summed E-state index contributed by atoms with van der Waals surface area (Å²) < 4.78 is 9.30. The number of rotatable bonds is 4. The Hall–Kier alpha value is -2.33. The van der Waals surface area contributed by atoms with E-state index in [2.05, 4.69) is 38.0 Å². The maximum absolute atomic E-state index is 12.0. The molecule has 0 saturated heterocycles. The molecule has 0 saturated carbocycles. The van der Waals surface area contributed by atoms with Crippen molar-refractivity contribution in [2.24, 2.45) is 0 Å². The molecule has 0 radical (unpaired) electrons. The highest BCUT2D eigenvalue weighted by Gasteiger charge is 2.21. The Balaban J connectivity index is 1.77. The standard InChI is InChI=1S/C16H15BrN6O2S/c1-8(5-22-6-10(17)4-19-22)13-20-14-11-9(2)12(16(24)25-3)26-15(11)18-7-23(14)21-13/h4,6-8H,5H2,1-3H3. The van der Waals surface area contributed by atoms with Crippen LogP contribution in [-0.2, 0) is 11.3 Å². The zero-order valence-corrected chi connectivity index (χ0v) is 16.7. The number of aromatic nitrogens is 6. The number of esters is 1. The van der Waals surface area contributed by atoms with Crippen molar-refractivity contribution < 1.29 is 9.53 Å². The molecule has 0 amide bonds. The van der Waals surface area contributed by atoms with E-state index < -0.39 is 0 Å². The number of hydrogen-bond acceptors (Lipinski definition) is 7. The number of fused-ring (bicyclic) bond motifs is 3. The van der Waals surface area contributed by atoms with E-state index >= 15 is 0 Å². The lowest BCUT2D eigenvalue weighted by atomic mass is 10.1. The van der Waals surface area contributed by atoms with Crippen molar-refractivity contribution in [2.45, 2.75) is 26.3 Å². The predicted octanol–water partition coefficient (Wildman–Crippen LogP) is 3.20. The van der Waals surface area contributed by atoms with Gasteiger partial charge in [0.15, 0.2) is 11.5 Å². The van der Waals surface area contributed by atoms with E-state index in [1.165, 1.54) is 18.4 Å². The van der Waals surface area contributed by atoms with Gasteiger partial charge in [0.05, 0.1) is 29.7 Å². The van der Waals surface area contributed by atoms with E-state index in [0.29, 0.717) is 22.9 Å². The van der Waals surface area contributed by atoms with Gasteiger partial charge in [0, 0.05) is 12.1 Å². The van der Waals surface area contributed by atoms with Gasteiger partial charge in [0.25, 0.3) is 0 Å². The normalized spacial score (nSPS) is 12.8. The maximum atomic E-state index is 12.0. The summed E-state index contributed by atoms with van der Waals surface area (Å²) in [4.78, 5) is 22.4. The Bertz CT molecular complexity index is 1130. The summed E-state index contributed by atoms with van der Waals surface area (Å²) >= 11 is 4.71. The molecule has 0 aromatic carbocycles. The second kappa shape index (κ2) is 6.44. The lowest BCUT2D eigenvalue weighted by Gasteiger charge is -2.06. The van der Waals surface area contributed by atoms with Gasteiger partial charge in [-0.05, 0) is 28.4 Å². The van der Waals surface area contributed by atoms with Crippen LogP contribution in [0, 0.1) is 6.92 Å². The number of halogens is 1. The fraction of sp³-hybridized carbons (Fsp3) is 0.312. The SMILES string of the molecule is COC(=O)c1sc2ncn3nc(C(C)Cn4cc(Br)cn4)nc3c2c1C. The average Bonchev–Trinajstić information content (AvgIpc) is 3.31. The molecule has 0 aliphatic heterocycles. The lowest BCUT2D eigenvalue weighted by molar-refractivity contribution is 0.0605. The number of methoxy groups -OCH3 is 1. The van der Waals surface area contributed by atoms with Gasteiger partial charge in [-0.2, -0.15) is 5.10 Å². The van der Waals surface area contributed by atoms with E-state index in [1.807, 2.05) is 17.8 Å². The van der Waals surface area contributed by atoms with Gasteiger partial charge in [0.1, 0.15) is 16.0 Å². The topological polar surface area (TPSA) is 87.2 Å². The van der Waals surface area contributed by atoms with Crippen LogP contribution in [0.3, 0.4) is 0 Å². The highest BCUT2D eigenvalue weighted by Crippen LogP contribution is 2.32. The molecule has 0 N–H and O–H groups in total. The molecule has 0 spiro atoms. The van der Waals surface area contributed by atoms with E-state index in [4.69, 9.17) is 9.72 Å². The average molecular weight is 435 g/mol. The van der Waals surface area contributed by atoms with Gasteiger partial charge in [-0.1, -0.05) is 6.92 Å². The molecule has 10 heteroatoms. The molecule has 4 aromatic heterocycles. The number of aryl methyl sites for hydroxylation is 1. The fourth-order valence-corrected chi connectivity index (χ4v) is 4.24. The number of hydrogen-bond donors (Lipinski definition) is 0. The van der Waals surface area contributed by atoms with Crippen LogP contribution >= 0.6 is 27.3 Å². The van der Waals surface area contributed by atoms with Crippen LogP contribution in [-0.4, -0.2) is 42.4 Å². The molecular formula is C16H15BrN6O2S. The second-order valence-corrected chi connectivity index (χ2v) is 7.91. The summed E-state index contributed by atoms with van der Waals surface area (Å²) in [6.45, 7) is 4.59. The number of nitrogens with zero attached hydrogens (tertiary/aromatic N) is 6. The first-order chi connectivity index (χ1) is 12.5. The molecule has 0 bridgehead atoms. The molecule has 0 fully saturated rings. The molecule has 1 atom stereocenters. The number of carbonyl (C=O) groups is 1. The summed E-state index contributed by atoms with van der Waals surface area (Å²) in [5.74, 6) is 0.410. The fourth-order valence-electron chi connectivity index (χ4n) is 2.85. The maximum Gasteiger partial charge on any atom is 0.348 e. The van der Waals surface area contributed by atoms with Gasteiger partial charge >= 0.3 is 5.97 Å². The summed E-state index contributed by atoms with van der Waals surface area (Å²) in [6.07, 6.45) is 5.29. The van der Waals surface area contributed by atoms with Crippen LogP contribution < -0.4 is 0 Å². The summed E-state index contributed by atoms with van der Waals surface area (Å²) in [5, 5.41) is 9.68. The van der Waals surface area contributed by atoms with Gasteiger partial charge < -0.3 is 4.74 Å². The van der Waals surface area contributed by atoms with E-state index in [9.17, 15) is 4.79 Å². The Labute approximate surface area is 160 Å². The molecule has 4 heterocycles. The third kappa shape index (κ3) is 2.78. The molecule has 4 aromatic rings. The smallest absolute Gasteiger partial charge is 0.348 e. The molecule has 1 unspecified atom stereocenters. The number of carbonyl (C=O) groups excluding carboxylic acids is 1. The largest absolute Gasteiger partial charge is 0.465 e. The first-order valence-electron chi connectivity index (χ1n) is 7.88. The molecule has 0 aliphatic rings. The zero-order chi connectivity index (χ0) is 18.4.